The molecule has 1 aliphatic heterocycles. The molecule has 1 saturated carbocycles. The van der Waals surface area contributed by atoms with Crippen molar-refractivity contribution in [3.8, 4) is 6.07 Å². The highest BCUT2D eigenvalue weighted by molar-refractivity contribution is 5.79. The zero-order valence-electron chi connectivity index (χ0n) is 11.2. The minimum Gasteiger partial charge on any atom is -0.326 e. The van der Waals surface area contributed by atoms with Gasteiger partial charge in [0.1, 0.15) is 6.04 Å². The number of likely N-dealkylation sites (tertiary alicyclic amines) is 1. The maximum Gasteiger partial charge on any atom is 0.226 e. The van der Waals surface area contributed by atoms with Crippen molar-refractivity contribution in [1.82, 2.24) is 4.90 Å². The van der Waals surface area contributed by atoms with E-state index < -0.39 is 0 Å². The largest absolute Gasteiger partial charge is 0.326 e. The summed E-state index contributed by atoms with van der Waals surface area (Å²) >= 11 is 0. The van der Waals surface area contributed by atoms with E-state index in [9.17, 15) is 4.79 Å². The van der Waals surface area contributed by atoms with Gasteiger partial charge in [0.25, 0.3) is 0 Å². The Labute approximate surface area is 110 Å². The molecule has 0 aromatic carbocycles. The average Bonchev–Trinajstić information content (AvgIpc) is 2.37. The monoisotopic (exact) mass is 248 g/mol. The molecule has 1 atom stereocenters. The van der Waals surface area contributed by atoms with Gasteiger partial charge in [0.15, 0.2) is 0 Å². The molecule has 2 aliphatic rings. The highest BCUT2D eigenvalue weighted by Gasteiger charge is 2.31. The Morgan fingerprint density at radius 2 is 1.56 bits per heavy atom. The molecule has 0 aromatic rings. The van der Waals surface area contributed by atoms with Crippen LogP contribution in [0.15, 0.2) is 0 Å². The maximum atomic E-state index is 12.6. The molecule has 2 rings (SSSR count). The Morgan fingerprint density at radius 1 is 0.944 bits per heavy atom. The van der Waals surface area contributed by atoms with Crippen molar-refractivity contribution in [1.29, 1.82) is 5.26 Å². The molecule has 1 heterocycles. The third-order valence-electron chi connectivity index (χ3n) is 4.39. The first-order valence-electron chi connectivity index (χ1n) is 7.53. The third-order valence-corrected chi connectivity index (χ3v) is 4.39. The lowest BCUT2D eigenvalue weighted by Gasteiger charge is -2.34. The van der Waals surface area contributed by atoms with Crippen molar-refractivity contribution in [2.75, 3.05) is 6.54 Å². The van der Waals surface area contributed by atoms with Gasteiger partial charge in [0, 0.05) is 12.5 Å². The van der Waals surface area contributed by atoms with E-state index in [1.165, 1.54) is 32.1 Å². The summed E-state index contributed by atoms with van der Waals surface area (Å²) in [5, 5.41) is 9.17. The molecular formula is C15H24N2O. The molecular weight excluding hydrogens is 224 g/mol. The van der Waals surface area contributed by atoms with E-state index in [-0.39, 0.29) is 17.9 Å². The van der Waals surface area contributed by atoms with Crippen LogP contribution in [0.1, 0.15) is 64.2 Å². The number of nitriles is 1. The second-order valence-electron chi connectivity index (χ2n) is 5.71. The number of carbonyl (C=O) groups is 1. The minimum atomic E-state index is -0.156. The molecule has 1 aliphatic carbocycles. The lowest BCUT2D eigenvalue weighted by atomic mass is 9.89. The van der Waals surface area contributed by atoms with Gasteiger partial charge in [0.05, 0.1) is 6.07 Å². The van der Waals surface area contributed by atoms with Gasteiger partial charge in [0.2, 0.25) is 5.91 Å². The van der Waals surface area contributed by atoms with E-state index in [1.54, 1.807) is 0 Å². The summed E-state index contributed by atoms with van der Waals surface area (Å²) in [6.07, 6.45) is 11.3. The highest BCUT2D eigenvalue weighted by Crippen LogP contribution is 2.27. The molecule has 0 aromatic heterocycles. The van der Waals surface area contributed by atoms with E-state index in [4.69, 9.17) is 5.26 Å². The van der Waals surface area contributed by atoms with Crippen LogP contribution in [0.4, 0.5) is 0 Å². The topological polar surface area (TPSA) is 44.1 Å². The van der Waals surface area contributed by atoms with Crippen LogP contribution in [-0.2, 0) is 4.79 Å². The number of hydrogen-bond acceptors (Lipinski definition) is 2. The summed E-state index contributed by atoms with van der Waals surface area (Å²) in [6, 6.07) is 2.15. The zero-order chi connectivity index (χ0) is 12.8. The van der Waals surface area contributed by atoms with Crippen LogP contribution < -0.4 is 0 Å². The summed E-state index contributed by atoms with van der Waals surface area (Å²) < 4.78 is 0. The smallest absolute Gasteiger partial charge is 0.226 e. The predicted molar refractivity (Wildman–Crippen MR) is 70.8 cm³/mol. The Kier molecular flexibility index (Phi) is 5.04. The molecule has 0 radical (unpaired) electrons. The number of amides is 1. The molecule has 0 bridgehead atoms. The lowest BCUT2D eigenvalue weighted by Crippen LogP contribution is -2.45. The first-order valence-corrected chi connectivity index (χ1v) is 7.53. The first-order chi connectivity index (χ1) is 8.83. The van der Waals surface area contributed by atoms with Crippen molar-refractivity contribution in [3.63, 3.8) is 0 Å². The van der Waals surface area contributed by atoms with Gasteiger partial charge in [-0.2, -0.15) is 5.26 Å². The maximum absolute atomic E-state index is 12.6. The van der Waals surface area contributed by atoms with Gasteiger partial charge < -0.3 is 4.90 Å². The third kappa shape index (κ3) is 3.25. The van der Waals surface area contributed by atoms with Crippen LogP contribution in [0.3, 0.4) is 0 Å². The van der Waals surface area contributed by atoms with E-state index in [0.29, 0.717) is 0 Å². The molecule has 100 valence electrons. The summed E-state index contributed by atoms with van der Waals surface area (Å²) in [5.74, 6) is 0.461. The summed E-state index contributed by atoms with van der Waals surface area (Å²) in [4.78, 5) is 14.4. The van der Waals surface area contributed by atoms with Gasteiger partial charge in [-0.3, -0.25) is 4.79 Å². The Bertz CT molecular complexity index is 313. The zero-order valence-corrected chi connectivity index (χ0v) is 11.2. The average molecular weight is 248 g/mol. The standard InChI is InChI=1S/C15H24N2O/c16-12-14-10-6-7-11-17(14)15(18)13-8-4-2-1-3-5-9-13/h13-14H,1-11H2. The van der Waals surface area contributed by atoms with Crippen LogP contribution in [0, 0.1) is 17.2 Å². The number of hydrogen-bond donors (Lipinski definition) is 0. The van der Waals surface area contributed by atoms with Crippen LogP contribution in [0.5, 0.6) is 0 Å². The molecule has 18 heavy (non-hydrogen) atoms. The van der Waals surface area contributed by atoms with Gasteiger partial charge in [-0.25, -0.2) is 0 Å². The van der Waals surface area contributed by atoms with Crippen molar-refractivity contribution in [3.05, 3.63) is 0 Å². The lowest BCUT2D eigenvalue weighted by molar-refractivity contribution is -0.138. The SMILES string of the molecule is N#CC1CCCCN1C(=O)C1CCCCCCC1. The van der Waals surface area contributed by atoms with Crippen molar-refractivity contribution in [2.24, 2.45) is 5.92 Å². The molecule has 2 fully saturated rings. The van der Waals surface area contributed by atoms with Crippen LogP contribution >= 0.6 is 0 Å². The summed E-state index contributed by atoms with van der Waals surface area (Å²) in [7, 11) is 0. The van der Waals surface area contributed by atoms with Gasteiger partial charge in [-0.15, -0.1) is 0 Å². The highest BCUT2D eigenvalue weighted by atomic mass is 16.2. The molecule has 3 nitrogen and oxygen atoms in total. The molecule has 0 N–H and O–H groups in total. The fourth-order valence-corrected chi connectivity index (χ4v) is 3.27. The van der Waals surface area contributed by atoms with Gasteiger partial charge in [-0.05, 0) is 32.1 Å². The molecule has 0 spiro atoms. The number of nitrogens with zero attached hydrogens (tertiary/aromatic N) is 2. The molecule has 1 unspecified atom stereocenters. The van der Waals surface area contributed by atoms with Crippen molar-refractivity contribution in [2.45, 2.75) is 70.3 Å². The van der Waals surface area contributed by atoms with E-state index in [1.807, 2.05) is 4.90 Å². The molecule has 1 amide bonds. The molecule has 1 saturated heterocycles. The summed E-state index contributed by atoms with van der Waals surface area (Å²) in [6.45, 7) is 0.799. The fourth-order valence-electron chi connectivity index (χ4n) is 3.27. The number of rotatable bonds is 1. The first kappa shape index (κ1) is 13.4. The Morgan fingerprint density at radius 3 is 2.22 bits per heavy atom. The van der Waals surface area contributed by atoms with Crippen LogP contribution in [-0.4, -0.2) is 23.4 Å². The van der Waals surface area contributed by atoms with E-state index in [0.717, 1.165) is 38.6 Å². The summed E-state index contributed by atoms with van der Waals surface area (Å²) in [5.41, 5.74) is 0. The predicted octanol–water partition coefficient (Wildman–Crippen LogP) is 3.25. The Balaban J connectivity index is 1.97. The number of carbonyl (C=O) groups excluding carboxylic acids is 1. The van der Waals surface area contributed by atoms with E-state index in [2.05, 4.69) is 6.07 Å². The normalized spacial score (nSPS) is 27.1. The van der Waals surface area contributed by atoms with Gasteiger partial charge in [-0.1, -0.05) is 32.1 Å². The van der Waals surface area contributed by atoms with E-state index >= 15 is 0 Å². The van der Waals surface area contributed by atoms with Crippen molar-refractivity contribution >= 4 is 5.91 Å². The fraction of sp³-hybridized carbons (Fsp3) is 0.867. The second kappa shape index (κ2) is 6.78. The van der Waals surface area contributed by atoms with Crippen molar-refractivity contribution < 1.29 is 4.79 Å². The number of piperidine rings is 1. The van der Waals surface area contributed by atoms with Crippen LogP contribution in [0.2, 0.25) is 0 Å². The Hall–Kier alpha value is -1.04. The van der Waals surface area contributed by atoms with Crippen LogP contribution in [0.25, 0.3) is 0 Å². The second-order valence-corrected chi connectivity index (χ2v) is 5.71. The van der Waals surface area contributed by atoms with Gasteiger partial charge >= 0.3 is 0 Å². The quantitative estimate of drug-likeness (QED) is 0.715. The molecule has 3 heteroatoms. The minimum absolute atomic E-state index is 0.156.